The number of Topliss-reactive ketones (excluding diaryl/α,β-unsaturated/α-hetero) is 1. The van der Waals surface area contributed by atoms with Crippen molar-refractivity contribution >= 4 is 29.1 Å². The van der Waals surface area contributed by atoms with E-state index in [2.05, 4.69) is 5.32 Å². The van der Waals surface area contributed by atoms with Gasteiger partial charge in [0.05, 0.1) is 5.75 Å². The second kappa shape index (κ2) is 6.43. The molecule has 0 unspecified atom stereocenters. The highest BCUT2D eigenvalue weighted by Gasteiger charge is 2.15. The molecule has 0 atom stereocenters. The van der Waals surface area contributed by atoms with E-state index in [1.54, 1.807) is 36.0 Å². The first-order chi connectivity index (χ1) is 8.25. The Morgan fingerprint density at radius 1 is 1.29 bits per heavy atom. The third kappa shape index (κ3) is 4.02. The molecule has 1 aromatic rings. The molecule has 4 heteroatoms. The number of hydrogen-bond acceptors (Lipinski definition) is 3. The lowest BCUT2D eigenvalue weighted by atomic mass is 10.1. The Labute approximate surface area is 111 Å². The van der Waals surface area contributed by atoms with Gasteiger partial charge in [-0.15, -0.1) is 0 Å². The maximum Gasteiger partial charge on any atom is 0.172 e. The first kappa shape index (κ1) is 12.9. The zero-order valence-corrected chi connectivity index (χ0v) is 11.2. The molecule has 1 aliphatic rings. The predicted octanol–water partition coefficient (Wildman–Crippen LogP) is 3.01. The van der Waals surface area contributed by atoms with E-state index >= 15 is 0 Å². The molecule has 1 N–H and O–H groups in total. The molecule has 0 spiro atoms. The largest absolute Gasteiger partial charge is 0.317 e. The number of hydrogen-bond donors (Lipinski definition) is 1. The Balaban J connectivity index is 1.82. The normalized spacial score (nSPS) is 17.0. The van der Waals surface area contributed by atoms with Crippen molar-refractivity contribution in [1.82, 2.24) is 5.32 Å². The van der Waals surface area contributed by atoms with Gasteiger partial charge in [0.25, 0.3) is 0 Å². The van der Waals surface area contributed by atoms with Crippen LogP contribution in [0, 0.1) is 0 Å². The lowest BCUT2D eigenvalue weighted by molar-refractivity contribution is 0.102. The molecular weight excluding hydrogens is 254 g/mol. The van der Waals surface area contributed by atoms with Crippen LogP contribution < -0.4 is 5.32 Å². The maximum atomic E-state index is 11.9. The van der Waals surface area contributed by atoms with Crippen molar-refractivity contribution in [2.24, 2.45) is 0 Å². The Morgan fingerprint density at radius 2 is 1.94 bits per heavy atom. The lowest BCUT2D eigenvalue weighted by Gasteiger charge is -2.21. The summed E-state index contributed by atoms with van der Waals surface area (Å²) >= 11 is 7.57. The molecule has 0 aliphatic carbocycles. The predicted molar refractivity (Wildman–Crippen MR) is 74.1 cm³/mol. The molecule has 0 amide bonds. The van der Waals surface area contributed by atoms with Crippen LogP contribution in [0.5, 0.6) is 0 Å². The zero-order chi connectivity index (χ0) is 12.1. The van der Waals surface area contributed by atoms with Gasteiger partial charge in [-0.05, 0) is 50.2 Å². The number of carbonyl (C=O) groups is 1. The van der Waals surface area contributed by atoms with Gasteiger partial charge in [0, 0.05) is 15.8 Å². The summed E-state index contributed by atoms with van der Waals surface area (Å²) in [6.07, 6.45) is 2.33. The zero-order valence-electron chi connectivity index (χ0n) is 9.62. The molecule has 17 heavy (non-hydrogen) atoms. The van der Waals surface area contributed by atoms with Crippen molar-refractivity contribution in [3.63, 3.8) is 0 Å². The first-order valence-electron chi connectivity index (χ1n) is 5.87. The first-order valence-corrected chi connectivity index (χ1v) is 7.29. The number of rotatable bonds is 4. The number of carbonyl (C=O) groups excluding carboxylic acids is 1. The van der Waals surface area contributed by atoms with Gasteiger partial charge in [-0.1, -0.05) is 11.6 Å². The van der Waals surface area contributed by atoms with Gasteiger partial charge in [0.1, 0.15) is 0 Å². The minimum absolute atomic E-state index is 0.199. The summed E-state index contributed by atoms with van der Waals surface area (Å²) in [7, 11) is 0. The van der Waals surface area contributed by atoms with E-state index in [0.717, 1.165) is 18.7 Å². The number of halogens is 1. The van der Waals surface area contributed by atoms with Crippen LogP contribution in [0.4, 0.5) is 0 Å². The summed E-state index contributed by atoms with van der Waals surface area (Å²) < 4.78 is 0. The maximum absolute atomic E-state index is 11.9. The van der Waals surface area contributed by atoms with E-state index in [1.807, 2.05) is 0 Å². The van der Waals surface area contributed by atoms with Crippen LogP contribution in [-0.4, -0.2) is 29.9 Å². The number of piperidine rings is 1. The van der Waals surface area contributed by atoms with Crippen LogP contribution >= 0.6 is 23.4 Å². The van der Waals surface area contributed by atoms with E-state index in [0.29, 0.717) is 16.0 Å². The van der Waals surface area contributed by atoms with Crippen LogP contribution in [0.3, 0.4) is 0 Å². The summed E-state index contributed by atoms with van der Waals surface area (Å²) in [5, 5.41) is 4.63. The number of nitrogens with one attached hydrogen (secondary N) is 1. The van der Waals surface area contributed by atoms with Crippen LogP contribution in [0.2, 0.25) is 5.02 Å². The third-order valence-corrected chi connectivity index (χ3v) is 4.53. The van der Waals surface area contributed by atoms with Gasteiger partial charge in [-0.3, -0.25) is 4.79 Å². The highest BCUT2D eigenvalue weighted by atomic mass is 35.5. The molecule has 2 rings (SSSR count). The summed E-state index contributed by atoms with van der Waals surface area (Å²) in [4.78, 5) is 11.9. The summed E-state index contributed by atoms with van der Waals surface area (Å²) in [5.41, 5.74) is 0.760. The molecule has 1 saturated heterocycles. The summed E-state index contributed by atoms with van der Waals surface area (Å²) in [6.45, 7) is 2.15. The Hall–Kier alpha value is -0.510. The van der Waals surface area contributed by atoms with E-state index in [-0.39, 0.29) is 5.78 Å². The number of benzene rings is 1. The van der Waals surface area contributed by atoms with Crippen molar-refractivity contribution in [3.8, 4) is 0 Å². The van der Waals surface area contributed by atoms with Gasteiger partial charge >= 0.3 is 0 Å². The Morgan fingerprint density at radius 3 is 2.59 bits per heavy atom. The quantitative estimate of drug-likeness (QED) is 0.852. The average Bonchev–Trinajstić information content (AvgIpc) is 2.38. The highest BCUT2D eigenvalue weighted by molar-refractivity contribution is 8.00. The molecule has 0 saturated carbocycles. The lowest BCUT2D eigenvalue weighted by Crippen LogP contribution is -2.29. The fourth-order valence-corrected chi connectivity index (χ4v) is 3.12. The molecule has 0 aromatic heterocycles. The summed E-state index contributed by atoms with van der Waals surface area (Å²) in [5.74, 6) is 0.775. The smallest absolute Gasteiger partial charge is 0.172 e. The summed E-state index contributed by atoms with van der Waals surface area (Å²) in [6, 6.07) is 7.13. The van der Waals surface area contributed by atoms with E-state index in [4.69, 9.17) is 11.6 Å². The van der Waals surface area contributed by atoms with Crippen LogP contribution in [0.1, 0.15) is 23.2 Å². The fourth-order valence-electron chi connectivity index (χ4n) is 1.87. The topological polar surface area (TPSA) is 29.1 Å². The highest BCUT2D eigenvalue weighted by Crippen LogP contribution is 2.21. The minimum Gasteiger partial charge on any atom is -0.317 e. The molecule has 2 nitrogen and oxygen atoms in total. The van der Waals surface area contributed by atoms with Gasteiger partial charge < -0.3 is 5.32 Å². The Kier molecular flexibility index (Phi) is 4.89. The second-order valence-electron chi connectivity index (χ2n) is 4.19. The number of thioether (sulfide) groups is 1. The van der Waals surface area contributed by atoms with Crippen molar-refractivity contribution < 1.29 is 4.79 Å². The van der Waals surface area contributed by atoms with Crippen LogP contribution in [-0.2, 0) is 0 Å². The molecule has 1 aromatic carbocycles. The van der Waals surface area contributed by atoms with Gasteiger partial charge in [-0.2, -0.15) is 11.8 Å². The molecule has 92 valence electrons. The molecule has 0 bridgehead atoms. The molecule has 1 heterocycles. The van der Waals surface area contributed by atoms with Crippen molar-refractivity contribution in [2.45, 2.75) is 18.1 Å². The molecule has 0 radical (unpaired) electrons. The van der Waals surface area contributed by atoms with Gasteiger partial charge in [0.15, 0.2) is 5.78 Å². The molecule has 1 aliphatic heterocycles. The van der Waals surface area contributed by atoms with E-state index in [9.17, 15) is 4.79 Å². The molecule has 1 fully saturated rings. The van der Waals surface area contributed by atoms with Crippen molar-refractivity contribution in [2.75, 3.05) is 18.8 Å². The average molecular weight is 270 g/mol. The standard InChI is InChI=1S/C13H16ClNOS/c14-11-3-1-10(2-4-11)13(16)9-17-12-5-7-15-8-6-12/h1-4,12,15H,5-9H2. The Bertz CT molecular complexity index is 374. The van der Waals surface area contributed by atoms with Crippen molar-refractivity contribution in [1.29, 1.82) is 0 Å². The monoisotopic (exact) mass is 269 g/mol. The number of ketones is 1. The van der Waals surface area contributed by atoms with E-state index < -0.39 is 0 Å². The SMILES string of the molecule is O=C(CSC1CCNCC1)c1ccc(Cl)cc1. The molecular formula is C13H16ClNOS. The third-order valence-electron chi connectivity index (χ3n) is 2.90. The van der Waals surface area contributed by atoms with E-state index in [1.165, 1.54) is 12.8 Å². The van der Waals surface area contributed by atoms with Crippen LogP contribution in [0.15, 0.2) is 24.3 Å². The van der Waals surface area contributed by atoms with Gasteiger partial charge in [-0.25, -0.2) is 0 Å². The minimum atomic E-state index is 0.199. The van der Waals surface area contributed by atoms with Gasteiger partial charge in [0.2, 0.25) is 0 Å². The second-order valence-corrected chi connectivity index (χ2v) is 5.92. The fraction of sp³-hybridized carbons (Fsp3) is 0.462. The van der Waals surface area contributed by atoms with Crippen molar-refractivity contribution in [3.05, 3.63) is 34.9 Å². The van der Waals surface area contributed by atoms with Crippen LogP contribution in [0.25, 0.3) is 0 Å².